The molecule has 1 aromatic carbocycles. The van der Waals surface area contributed by atoms with E-state index in [4.69, 9.17) is 4.74 Å². The minimum atomic E-state index is -0.747. The maximum atomic E-state index is 13.2. The largest absolute Gasteiger partial charge is 0.494 e. The lowest BCUT2D eigenvalue weighted by Gasteiger charge is -2.26. The summed E-state index contributed by atoms with van der Waals surface area (Å²) in [5.74, 6) is -1.22. The number of carbonyl (C=O) groups excluding carboxylic acids is 1. The van der Waals surface area contributed by atoms with Gasteiger partial charge in [-0.25, -0.2) is 14.2 Å². The molecule has 0 spiro atoms. The third kappa shape index (κ3) is 4.62. The molecule has 1 amide bonds. The normalized spacial score (nSPS) is 14.8. The standard InChI is InChI=1S/C19H21FN4O5S/c1-22-17(26)15(18(27)23(2)19(22)28)16(21-13-5-3-12(20)4-6-13)30-11-14(25)24-7-9-29-10-8-24/h3-6,26H,7-11H2,1-2H3. The summed E-state index contributed by atoms with van der Waals surface area (Å²) in [6.45, 7) is 1.84. The van der Waals surface area contributed by atoms with E-state index < -0.39 is 22.9 Å². The molecule has 1 N–H and O–H groups in total. The zero-order valence-corrected chi connectivity index (χ0v) is 17.3. The van der Waals surface area contributed by atoms with Crippen LogP contribution in [0.3, 0.4) is 0 Å². The Labute approximate surface area is 175 Å². The van der Waals surface area contributed by atoms with Gasteiger partial charge in [0.1, 0.15) is 16.4 Å². The zero-order chi connectivity index (χ0) is 21.8. The van der Waals surface area contributed by atoms with Crippen LogP contribution in [-0.4, -0.2) is 62.1 Å². The highest BCUT2D eigenvalue weighted by atomic mass is 32.2. The van der Waals surface area contributed by atoms with Gasteiger partial charge >= 0.3 is 5.69 Å². The number of aliphatic imine (C=N–C) groups is 1. The third-order valence-electron chi connectivity index (χ3n) is 4.60. The fourth-order valence-corrected chi connectivity index (χ4v) is 3.78. The summed E-state index contributed by atoms with van der Waals surface area (Å²) in [6.07, 6.45) is 0. The topological polar surface area (TPSA) is 106 Å². The number of hydrogen-bond acceptors (Lipinski definition) is 7. The Morgan fingerprint density at radius 1 is 1.17 bits per heavy atom. The van der Waals surface area contributed by atoms with Crippen molar-refractivity contribution in [2.45, 2.75) is 0 Å². The van der Waals surface area contributed by atoms with Gasteiger partial charge in [-0.05, 0) is 24.3 Å². The lowest BCUT2D eigenvalue weighted by atomic mass is 10.3. The number of amides is 1. The van der Waals surface area contributed by atoms with Gasteiger partial charge < -0.3 is 14.7 Å². The van der Waals surface area contributed by atoms with Crippen molar-refractivity contribution in [1.29, 1.82) is 0 Å². The number of morpholine rings is 1. The molecule has 1 saturated heterocycles. The first-order valence-electron chi connectivity index (χ1n) is 9.11. The molecule has 30 heavy (non-hydrogen) atoms. The summed E-state index contributed by atoms with van der Waals surface area (Å²) < 4.78 is 20.2. The molecule has 1 aliphatic rings. The Morgan fingerprint density at radius 2 is 1.80 bits per heavy atom. The predicted molar refractivity (Wildman–Crippen MR) is 111 cm³/mol. The number of rotatable bonds is 4. The molecule has 1 fully saturated rings. The molecule has 9 nitrogen and oxygen atoms in total. The first-order valence-corrected chi connectivity index (χ1v) is 10.1. The molecule has 0 saturated carbocycles. The lowest BCUT2D eigenvalue weighted by molar-refractivity contribution is -0.132. The summed E-state index contributed by atoms with van der Waals surface area (Å²) in [6, 6.07) is 5.23. The van der Waals surface area contributed by atoms with Crippen molar-refractivity contribution in [3.05, 3.63) is 56.5 Å². The fourth-order valence-electron chi connectivity index (χ4n) is 2.85. The molecule has 3 rings (SSSR count). The number of hydrogen-bond donors (Lipinski definition) is 1. The summed E-state index contributed by atoms with van der Waals surface area (Å²) in [5, 5.41) is 10.5. The summed E-state index contributed by atoms with van der Waals surface area (Å²) >= 11 is 0.963. The van der Waals surface area contributed by atoms with Gasteiger partial charge in [-0.1, -0.05) is 11.8 Å². The number of aromatic nitrogens is 2. The van der Waals surface area contributed by atoms with Crippen molar-refractivity contribution in [1.82, 2.24) is 14.0 Å². The van der Waals surface area contributed by atoms with Crippen LogP contribution in [0.15, 0.2) is 38.8 Å². The molecular formula is C19H21FN4O5S. The molecule has 11 heteroatoms. The third-order valence-corrected chi connectivity index (χ3v) is 5.56. The molecule has 0 atom stereocenters. The molecule has 0 aliphatic carbocycles. The number of benzene rings is 1. The van der Waals surface area contributed by atoms with E-state index in [9.17, 15) is 23.9 Å². The van der Waals surface area contributed by atoms with Crippen LogP contribution in [0.25, 0.3) is 0 Å². The van der Waals surface area contributed by atoms with E-state index in [1.807, 2.05) is 0 Å². The van der Waals surface area contributed by atoms with Gasteiger partial charge in [0.25, 0.3) is 5.56 Å². The van der Waals surface area contributed by atoms with E-state index in [-0.39, 0.29) is 22.3 Å². The van der Waals surface area contributed by atoms with Gasteiger partial charge in [-0.2, -0.15) is 0 Å². The number of ether oxygens (including phenoxy) is 1. The average Bonchev–Trinajstić information content (AvgIpc) is 2.76. The molecule has 1 aliphatic heterocycles. The number of halogens is 1. The molecule has 0 unspecified atom stereocenters. The van der Waals surface area contributed by atoms with Gasteiger partial charge in [-0.3, -0.25) is 18.7 Å². The van der Waals surface area contributed by atoms with Gasteiger partial charge in [0.15, 0.2) is 0 Å². The van der Waals surface area contributed by atoms with Crippen LogP contribution in [0, 0.1) is 5.82 Å². The quantitative estimate of drug-likeness (QED) is 0.556. The van der Waals surface area contributed by atoms with Crippen molar-refractivity contribution in [3.63, 3.8) is 0 Å². The Bertz CT molecular complexity index is 1090. The van der Waals surface area contributed by atoms with E-state index >= 15 is 0 Å². The summed E-state index contributed by atoms with van der Waals surface area (Å²) in [4.78, 5) is 43.3. The minimum Gasteiger partial charge on any atom is -0.494 e. The van der Waals surface area contributed by atoms with Gasteiger partial charge in [0, 0.05) is 27.2 Å². The molecule has 2 aromatic rings. The zero-order valence-electron chi connectivity index (χ0n) is 16.5. The number of nitrogens with zero attached hydrogens (tertiary/aromatic N) is 4. The first kappa shape index (κ1) is 21.8. The Morgan fingerprint density at radius 3 is 2.43 bits per heavy atom. The monoisotopic (exact) mass is 436 g/mol. The van der Waals surface area contributed by atoms with Crippen LogP contribution < -0.4 is 11.2 Å². The van der Waals surface area contributed by atoms with Gasteiger partial charge in [0.2, 0.25) is 11.8 Å². The molecule has 0 bridgehead atoms. The highest BCUT2D eigenvalue weighted by molar-refractivity contribution is 8.15. The highest BCUT2D eigenvalue weighted by Crippen LogP contribution is 2.23. The van der Waals surface area contributed by atoms with Crippen LogP contribution >= 0.6 is 11.8 Å². The molecular weight excluding hydrogens is 415 g/mol. The maximum absolute atomic E-state index is 13.2. The second-order valence-corrected chi connectivity index (χ2v) is 7.54. The lowest BCUT2D eigenvalue weighted by Crippen LogP contribution is -2.42. The number of thioether (sulfide) groups is 1. The van der Waals surface area contributed by atoms with E-state index in [1.165, 1.54) is 38.4 Å². The molecule has 2 heterocycles. The van der Waals surface area contributed by atoms with Crippen molar-refractivity contribution in [3.8, 4) is 5.88 Å². The number of carbonyl (C=O) groups is 1. The molecule has 0 radical (unpaired) electrons. The summed E-state index contributed by atoms with van der Waals surface area (Å²) in [5.41, 5.74) is -1.32. The highest BCUT2D eigenvalue weighted by Gasteiger charge is 2.23. The smallest absolute Gasteiger partial charge is 0.333 e. The fraction of sp³-hybridized carbons (Fsp3) is 0.368. The minimum absolute atomic E-state index is 0.0362. The van der Waals surface area contributed by atoms with Gasteiger partial charge in [0.05, 0.1) is 24.7 Å². The van der Waals surface area contributed by atoms with E-state index in [0.29, 0.717) is 32.0 Å². The van der Waals surface area contributed by atoms with Crippen molar-refractivity contribution in [2.24, 2.45) is 19.1 Å². The van der Waals surface area contributed by atoms with E-state index in [0.717, 1.165) is 20.9 Å². The maximum Gasteiger partial charge on any atom is 0.333 e. The predicted octanol–water partition coefficient (Wildman–Crippen LogP) is 0.599. The van der Waals surface area contributed by atoms with Crippen LogP contribution in [-0.2, 0) is 23.6 Å². The first-order chi connectivity index (χ1) is 14.3. The average molecular weight is 436 g/mol. The van der Waals surface area contributed by atoms with Crippen LogP contribution in [0.1, 0.15) is 5.56 Å². The second kappa shape index (κ2) is 9.26. The summed E-state index contributed by atoms with van der Waals surface area (Å²) in [7, 11) is 2.60. The van der Waals surface area contributed by atoms with Crippen LogP contribution in [0.4, 0.5) is 10.1 Å². The van der Waals surface area contributed by atoms with Crippen molar-refractivity contribution >= 4 is 28.4 Å². The molecule has 1 aromatic heterocycles. The van der Waals surface area contributed by atoms with Crippen molar-refractivity contribution in [2.75, 3.05) is 32.1 Å². The second-order valence-electron chi connectivity index (χ2n) is 6.58. The van der Waals surface area contributed by atoms with E-state index in [1.54, 1.807) is 4.90 Å². The van der Waals surface area contributed by atoms with Crippen LogP contribution in [0.2, 0.25) is 0 Å². The van der Waals surface area contributed by atoms with Crippen molar-refractivity contribution < 1.29 is 19.0 Å². The Hall–Kier alpha value is -2.92. The van der Waals surface area contributed by atoms with Crippen LogP contribution in [0.5, 0.6) is 5.88 Å². The van der Waals surface area contributed by atoms with E-state index in [2.05, 4.69) is 4.99 Å². The Kier molecular flexibility index (Phi) is 6.73. The SMILES string of the molecule is Cn1c(O)c(C(=Nc2ccc(F)cc2)SCC(=O)N2CCOCC2)c(=O)n(C)c1=O. The van der Waals surface area contributed by atoms with Gasteiger partial charge in [-0.15, -0.1) is 0 Å². The number of aromatic hydroxyl groups is 1. The Balaban J connectivity index is 2.00. The molecule has 160 valence electrons.